The Morgan fingerprint density at radius 3 is 2.75 bits per heavy atom. The fourth-order valence-corrected chi connectivity index (χ4v) is 2.89. The molecular weight excluding hydrogens is 320 g/mol. The Kier molecular flexibility index (Phi) is 5.43. The van der Waals surface area contributed by atoms with Crippen LogP contribution in [0.2, 0.25) is 0 Å². The molecule has 1 aliphatic rings. The highest BCUT2D eigenvalue weighted by atomic mass is 79.9. The van der Waals surface area contributed by atoms with Crippen LogP contribution in [-0.4, -0.2) is 48.4 Å². The van der Waals surface area contributed by atoms with E-state index in [0.29, 0.717) is 12.3 Å². The van der Waals surface area contributed by atoms with Crippen LogP contribution in [0.15, 0.2) is 22.7 Å². The lowest BCUT2D eigenvalue weighted by Gasteiger charge is -2.41. The number of aromatic hydroxyl groups is 1. The first-order valence-corrected chi connectivity index (χ1v) is 7.80. The first-order chi connectivity index (χ1) is 9.50. The number of nitrogens with zero attached hydrogens (tertiary/aromatic N) is 1. The first kappa shape index (κ1) is 15.8. The fourth-order valence-electron chi connectivity index (χ4n) is 2.49. The molecule has 1 aliphatic heterocycles. The highest BCUT2D eigenvalue weighted by molar-refractivity contribution is 9.10. The number of hydrogen-bond acceptors (Lipinski definition) is 4. The van der Waals surface area contributed by atoms with E-state index in [0.717, 1.165) is 42.9 Å². The lowest BCUT2D eigenvalue weighted by atomic mass is 10.0. The van der Waals surface area contributed by atoms with Crippen LogP contribution in [0, 0.1) is 0 Å². The van der Waals surface area contributed by atoms with Gasteiger partial charge in [-0.15, -0.1) is 0 Å². The van der Waals surface area contributed by atoms with Gasteiger partial charge in [0.05, 0.1) is 17.7 Å². The number of phenols is 1. The van der Waals surface area contributed by atoms with Crippen LogP contribution in [0.1, 0.15) is 19.4 Å². The zero-order valence-electron chi connectivity index (χ0n) is 12.2. The van der Waals surface area contributed by atoms with Crippen molar-refractivity contribution in [2.75, 3.05) is 32.8 Å². The Morgan fingerprint density at radius 2 is 2.05 bits per heavy atom. The van der Waals surface area contributed by atoms with Crippen LogP contribution < -0.4 is 5.32 Å². The maximum Gasteiger partial charge on any atom is 0.134 e. The molecule has 5 heteroatoms. The number of morpholine rings is 1. The zero-order valence-corrected chi connectivity index (χ0v) is 13.7. The van der Waals surface area contributed by atoms with Crippen molar-refractivity contribution >= 4 is 15.9 Å². The van der Waals surface area contributed by atoms with Crippen molar-refractivity contribution in [2.45, 2.75) is 25.9 Å². The maximum absolute atomic E-state index is 9.96. The maximum atomic E-state index is 9.96. The molecule has 2 N–H and O–H groups in total. The second-order valence-corrected chi connectivity index (χ2v) is 6.62. The van der Waals surface area contributed by atoms with E-state index in [-0.39, 0.29) is 5.54 Å². The van der Waals surface area contributed by atoms with Crippen LogP contribution in [0.3, 0.4) is 0 Å². The van der Waals surface area contributed by atoms with Gasteiger partial charge in [-0.05, 0) is 35.8 Å². The molecule has 0 aromatic heterocycles. The van der Waals surface area contributed by atoms with Crippen LogP contribution in [0.4, 0.5) is 0 Å². The van der Waals surface area contributed by atoms with Gasteiger partial charge >= 0.3 is 0 Å². The Morgan fingerprint density at radius 1 is 1.35 bits per heavy atom. The second-order valence-electron chi connectivity index (χ2n) is 5.76. The zero-order chi connectivity index (χ0) is 14.6. The molecule has 0 atom stereocenters. The second kappa shape index (κ2) is 6.89. The summed E-state index contributed by atoms with van der Waals surface area (Å²) in [6.45, 7) is 9.62. The number of phenolic OH excluding ortho intramolecular Hbond substituents is 1. The SMILES string of the molecule is CC(C)(CNCc1cccc(Br)c1O)N1CCOCC1. The summed E-state index contributed by atoms with van der Waals surface area (Å²) in [5, 5.41) is 13.4. The fraction of sp³-hybridized carbons (Fsp3) is 0.600. The Hall–Kier alpha value is -0.620. The van der Waals surface area contributed by atoms with Gasteiger partial charge in [-0.2, -0.15) is 0 Å². The number of para-hydroxylation sites is 1. The topological polar surface area (TPSA) is 44.7 Å². The van der Waals surface area contributed by atoms with Crippen molar-refractivity contribution in [3.8, 4) is 5.75 Å². The Labute approximate surface area is 129 Å². The molecule has 1 heterocycles. The van der Waals surface area contributed by atoms with Crippen molar-refractivity contribution in [3.05, 3.63) is 28.2 Å². The largest absolute Gasteiger partial charge is 0.506 e. The molecule has 1 aromatic carbocycles. The summed E-state index contributed by atoms with van der Waals surface area (Å²) in [6, 6.07) is 5.72. The van der Waals surface area contributed by atoms with E-state index in [1.54, 1.807) is 0 Å². The third-order valence-corrected chi connectivity index (χ3v) is 4.45. The van der Waals surface area contributed by atoms with E-state index in [9.17, 15) is 5.11 Å². The van der Waals surface area contributed by atoms with E-state index in [1.807, 2.05) is 18.2 Å². The average molecular weight is 343 g/mol. The number of nitrogens with one attached hydrogen (secondary N) is 1. The standard InChI is InChI=1S/C15H23BrN2O2/c1-15(2,18-6-8-20-9-7-18)11-17-10-12-4-3-5-13(16)14(12)19/h3-5,17,19H,6-11H2,1-2H3. The molecule has 1 saturated heterocycles. The van der Waals surface area contributed by atoms with Crippen molar-refractivity contribution < 1.29 is 9.84 Å². The molecule has 112 valence electrons. The lowest BCUT2D eigenvalue weighted by molar-refractivity contribution is -0.00967. The molecule has 1 aromatic rings. The first-order valence-electron chi connectivity index (χ1n) is 7.00. The third kappa shape index (κ3) is 3.95. The summed E-state index contributed by atoms with van der Waals surface area (Å²) < 4.78 is 6.14. The number of rotatable bonds is 5. The van der Waals surface area contributed by atoms with E-state index in [2.05, 4.69) is 40.0 Å². The summed E-state index contributed by atoms with van der Waals surface area (Å²) in [7, 11) is 0. The van der Waals surface area contributed by atoms with Crippen LogP contribution >= 0.6 is 15.9 Å². The van der Waals surface area contributed by atoms with E-state index < -0.39 is 0 Å². The molecule has 0 saturated carbocycles. The minimum absolute atomic E-state index is 0.0887. The summed E-state index contributed by atoms with van der Waals surface area (Å²) in [6.07, 6.45) is 0. The van der Waals surface area contributed by atoms with Crippen LogP contribution in [-0.2, 0) is 11.3 Å². The monoisotopic (exact) mass is 342 g/mol. The number of ether oxygens (including phenoxy) is 1. The highest BCUT2D eigenvalue weighted by Crippen LogP contribution is 2.27. The Balaban J connectivity index is 1.86. The minimum atomic E-state index is 0.0887. The normalized spacial score (nSPS) is 17.4. The highest BCUT2D eigenvalue weighted by Gasteiger charge is 2.27. The average Bonchev–Trinajstić information content (AvgIpc) is 2.44. The molecule has 0 amide bonds. The summed E-state index contributed by atoms with van der Waals surface area (Å²) in [5.41, 5.74) is 1.00. The van der Waals surface area contributed by atoms with Gasteiger partial charge in [-0.1, -0.05) is 12.1 Å². The van der Waals surface area contributed by atoms with Crippen LogP contribution in [0.25, 0.3) is 0 Å². The van der Waals surface area contributed by atoms with E-state index in [1.165, 1.54) is 0 Å². The molecule has 4 nitrogen and oxygen atoms in total. The van der Waals surface area contributed by atoms with Crippen molar-refractivity contribution in [3.63, 3.8) is 0 Å². The summed E-state index contributed by atoms with van der Waals surface area (Å²) >= 11 is 3.34. The smallest absolute Gasteiger partial charge is 0.134 e. The molecule has 0 radical (unpaired) electrons. The van der Waals surface area contributed by atoms with E-state index >= 15 is 0 Å². The predicted molar refractivity (Wildman–Crippen MR) is 84.0 cm³/mol. The van der Waals surface area contributed by atoms with Gasteiger partial charge < -0.3 is 15.2 Å². The summed E-state index contributed by atoms with van der Waals surface area (Å²) in [5.74, 6) is 0.323. The van der Waals surface area contributed by atoms with Gasteiger partial charge in [-0.25, -0.2) is 0 Å². The molecule has 0 spiro atoms. The molecule has 0 unspecified atom stereocenters. The Bertz CT molecular complexity index is 445. The minimum Gasteiger partial charge on any atom is -0.506 e. The number of benzene rings is 1. The number of halogens is 1. The molecule has 0 aliphatic carbocycles. The predicted octanol–water partition coefficient (Wildman–Crippen LogP) is 2.36. The van der Waals surface area contributed by atoms with Crippen molar-refractivity contribution in [1.82, 2.24) is 10.2 Å². The number of hydrogen-bond donors (Lipinski definition) is 2. The van der Waals surface area contributed by atoms with Gasteiger partial charge in [0.2, 0.25) is 0 Å². The molecule has 20 heavy (non-hydrogen) atoms. The third-order valence-electron chi connectivity index (χ3n) is 3.81. The van der Waals surface area contributed by atoms with Gasteiger partial charge in [0.15, 0.2) is 0 Å². The van der Waals surface area contributed by atoms with Crippen molar-refractivity contribution in [2.24, 2.45) is 0 Å². The molecule has 1 fully saturated rings. The van der Waals surface area contributed by atoms with Gasteiger partial charge in [0.25, 0.3) is 0 Å². The van der Waals surface area contributed by atoms with Gasteiger partial charge in [0, 0.05) is 37.3 Å². The quantitative estimate of drug-likeness (QED) is 0.862. The molecule has 2 rings (SSSR count). The molecular formula is C15H23BrN2O2. The van der Waals surface area contributed by atoms with Gasteiger partial charge in [0.1, 0.15) is 5.75 Å². The lowest BCUT2D eigenvalue weighted by Crippen LogP contribution is -2.54. The van der Waals surface area contributed by atoms with Crippen molar-refractivity contribution in [1.29, 1.82) is 0 Å². The van der Waals surface area contributed by atoms with Crippen LogP contribution in [0.5, 0.6) is 5.75 Å². The van der Waals surface area contributed by atoms with Gasteiger partial charge in [-0.3, -0.25) is 4.90 Å². The molecule has 0 bridgehead atoms. The van der Waals surface area contributed by atoms with E-state index in [4.69, 9.17) is 4.74 Å². The summed E-state index contributed by atoms with van der Waals surface area (Å²) in [4.78, 5) is 2.45.